The number of halogens is 1. The highest BCUT2D eigenvalue weighted by Gasteiger charge is 2.14. The number of ether oxygens (including phenoxy) is 2. The van der Waals surface area contributed by atoms with E-state index < -0.39 is 0 Å². The van der Waals surface area contributed by atoms with Crippen molar-refractivity contribution >= 4 is 22.2 Å². The normalized spacial score (nSPS) is 14.6. The molecule has 1 aromatic carbocycles. The van der Waals surface area contributed by atoms with Gasteiger partial charge in [-0.2, -0.15) is 0 Å². The SMILES string of the molecule is O=Cc1cc(Br)c2c(c1)OCCCO2. The smallest absolute Gasteiger partial charge is 0.175 e. The number of hydrogen-bond acceptors (Lipinski definition) is 3. The number of fused-ring (bicyclic) bond motifs is 1. The van der Waals surface area contributed by atoms with Crippen LogP contribution in [-0.4, -0.2) is 19.5 Å². The van der Waals surface area contributed by atoms with Gasteiger partial charge in [-0.3, -0.25) is 4.79 Å². The molecule has 0 N–H and O–H groups in total. The first-order valence-electron chi connectivity index (χ1n) is 4.35. The zero-order valence-corrected chi connectivity index (χ0v) is 9.04. The van der Waals surface area contributed by atoms with Crippen LogP contribution in [-0.2, 0) is 0 Å². The molecule has 1 aliphatic rings. The number of aldehydes is 1. The Labute approximate surface area is 90.1 Å². The zero-order chi connectivity index (χ0) is 9.97. The summed E-state index contributed by atoms with van der Waals surface area (Å²) in [6.07, 6.45) is 1.65. The van der Waals surface area contributed by atoms with Gasteiger partial charge in [0.15, 0.2) is 11.5 Å². The van der Waals surface area contributed by atoms with Crippen LogP contribution in [0.15, 0.2) is 16.6 Å². The molecule has 0 aromatic heterocycles. The maximum atomic E-state index is 10.6. The van der Waals surface area contributed by atoms with E-state index in [0.717, 1.165) is 17.2 Å². The second-order valence-electron chi connectivity index (χ2n) is 3.00. The lowest BCUT2D eigenvalue weighted by Gasteiger charge is -2.09. The summed E-state index contributed by atoms with van der Waals surface area (Å²) in [7, 11) is 0. The summed E-state index contributed by atoms with van der Waals surface area (Å²) in [5.41, 5.74) is 0.584. The fraction of sp³-hybridized carbons (Fsp3) is 0.300. The Balaban J connectivity index is 2.48. The highest BCUT2D eigenvalue weighted by atomic mass is 79.9. The standard InChI is InChI=1S/C10H9BrO3/c11-8-4-7(6-12)5-9-10(8)14-3-1-2-13-9/h4-6H,1-3H2. The largest absolute Gasteiger partial charge is 0.489 e. The molecule has 0 bridgehead atoms. The van der Waals surface area contributed by atoms with E-state index in [-0.39, 0.29) is 0 Å². The maximum absolute atomic E-state index is 10.6. The topological polar surface area (TPSA) is 35.5 Å². The van der Waals surface area contributed by atoms with Gasteiger partial charge in [0.1, 0.15) is 6.29 Å². The molecule has 14 heavy (non-hydrogen) atoms. The van der Waals surface area contributed by atoms with Crippen molar-refractivity contribution in [3.63, 3.8) is 0 Å². The van der Waals surface area contributed by atoms with E-state index in [2.05, 4.69) is 15.9 Å². The van der Waals surface area contributed by atoms with Crippen LogP contribution >= 0.6 is 15.9 Å². The van der Waals surface area contributed by atoms with Crippen molar-refractivity contribution in [1.29, 1.82) is 0 Å². The molecule has 1 aliphatic heterocycles. The van der Waals surface area contributed by atoms with Crippen molar-refractivity contribution in [3.8, 4) is 11.5 Å². The Morgan fingerprint density at radius 1 is 1.29 bits per heavy atom. The van der Waals surface area contributed by atoms with Crippen LogP contribution in [0.2, 0.25) is 0 Å². The Bertz CT molecular complexity index is 363. The number of carbonyl (C=O) groups excluding carboxylic acids is 1. The van der Waals surface area contributed by atoms with Crippen molar-refractivity contribution in [2.75, 3.05) is 13.2 Å². The van der Waals surface area contributed by atoms with Gasteiger partial charge in [-0.15, -0.1) is 0 Å². The van der Waals surface area contributed by atoms with E-state index in [1.165, 1.54) is 0 Å². The molecule has 1 heterocycles. The minimum absolute atomic E-state index is 0.584. The summed E-state index contributed by atoms with van der Waals surface area (Å²) in [6.45, 7) is 1.27. The minimum atomic E-state index is 0.584. The van der Waals surface area contributed by atoms with Crippen molar-refractivity contribution < 1.29 is 14.3 Å². The van der Waals surface area contributed by atoms with Crippen molar-refractivity contribution in [2.24, 2.45) is 0 Å². The maximum Gasteiger partial charge on any atom is 0.175 e. The van der Waals surface area contributed by atoms with Crippen LogP contribution < -0.4 is 9.47 Å². The van der Waals surface area contributed by atoms with E-state index >= 15 is 0 Å². The quantitative estimate of drug-likeness (QED) is 0.725. The summed E-state index contributed by atoms with van der Waals surface area (Å²) in [5.74, 6) is 1.33. The summed E-state index contributed by atoms with van der Waals surface area (Å²) < 4.78 is 11.7. The van der Waals surface area contributed by atoms with Gasteiger partial charge in [0.25, 0.3) is 0 Å². The molecule has 0 saturated carbocycles. The summed E-state index contributed by atoms with van der Waals surface area (Å²) in [4.78, 5) is 10.6. The summed E-state index contributed by atoms with van der Waals surface area (Å²) in [6, 6.07) is 3.42. The fourth-order valence-corrected chi connectivity index (χ4v) is 1.89. The fourth-order valence-electron chi connectivity index (χ4n) is 1.32. The average Bonchev–Trinajstić information content (AvgIpc) is 2.42. The molecule has 3 nitrogen and oxygen atoms in total. The monoisotopic (exact) mass is 256 g/mol. The summed E-state index contributed by atoms with van der Waals surface area (Å²) >= 11 is 3.34. The van der Waals surface area contributed by atoms with Gasteiger partial charge in [0.2, 0.25) is 0 Å². The highest BCUT2D eigenvalue weighted by Crippen LogP contribution is 2.37. The highest BCUT2D eigenvalue weighted by molar-refractivity contribution is 9.10. The number of rotatable bonds is 1. The predicted molar refractivity (Wildman–Crippen MR) is 55.1 cm³/mol. The first kappa shape index (κ1) is 9.52. The molecule has 0 radical (unpaired) electrons. The molecule has 0 saturated heterocycles. The third-order valence-corrected chi connectivity index (χ3v) is 2.55. The molecule has 0 spiro atoms. The van der Waals surface area contributed by atoms with Crippen LogP contribution in [0, 0.1) is 0 Å². The Kier molecular flexibility index (Phi) is 2.72. The molecule has 0 atom stereocenters. The molecular weight excluding hydrogens is 248 g/mol. The van der Waals surface area contributed by atoms with E-state index in [9.17, 15) is 4.79 Å². The van der Waals surface area contributed by atoms with Gasteiger partial charge in [-0.25, -0.2) is 0 Å². The van der Waals surface area contributed by atoms with Crippen molar-refractivity contribution in [2.45, 2.75) is 6.42 Å². The Hall–Kier alpha value is -1.03. The first-order valence-corrected chi connectivity index (χ1v) is 5.15. The predicted octanol–water partition coefficient (Wildman–Crippen LogP) is 2.42. The average molecular weight is 257 g/mol. The molecule has 0 fully saturated rings. The molecule has 1 aromatic rings. The Morgan fingerprint density at radius 2 is 2.07 bits per heavy atom. The summed E-state index contributed by atoms with van der Waals surface area (Å²) in [5, 5.41) is 0. The van der Waals surface area contributed by atoms with Crippen LogP contribution in [0.1, 0.15) is 16.8 Å². The molecule has 0 aliphatic carbocycles. The van der Waals surface area contributed by atoms with E-state index in [4.69, 9.17) is 9.47 Å². The Morgan fingerprint density at radius 3 is 2.86 bits per heavy atom. The van der Waals surface area contributed by atoms with Gasteiger partial charge in [-0.1, -0.05) is 0 Å². The molecule has 0 amide bonds. The zero-order valence-electron chi connectivity index (χ0n) is 7.46. The van der Waals surface area contributed by atoms with Gasteiger partial charge in [0, 0.05) is 12.0 Å². The van der Waals surface area contributed by atoms with E-state index in [1.54, 1.807) is 12.1 Å². The molecular formula is C10H9BrO3. The van der Waals surface area contributed by atoms with Crippen LogP contribution in [0.4, 0.5) is 0 Å². The first-order chi connectivity index (χ1) is 6.81. The third kappa shape index (κ3) is 1.75. The second-order valence-corrected chi connectivity index (χ2v) is 3.85. The lowest BCUT2D eigenvalue weighted by Crippen LogP contribution is -1.97. The van der Waals surface area contributed by atoms with Gasteiger partial charge < -0.3 is 9.47 Å². The molecule has 74 valence electrons. The van der Waals surface area contributed by atoms with Gasteiger partial charge in [-0.05, 0) is 28.1 Å². The lowest BCUT2D eigenvalue weighted by atomic mass is 10.2. The van der Waals surface area contributed by atoms with Crippen molar-refractivity contribution in [3.05, 3.63) is 22.2 Å². The van der Waals surface area contributed by atoms with E-state index in [0.29, 0.717) is 30.3 Å². The number of hydrogen-bond donors (Lipinski definition) is 0. The van der Waals surface area contributed by atoms with E-state index in [1.807, 2.05) is 0 Å². The molecule has 0 unspecified atom stereocenters. The second kappa shape index (κ2) is 4.00. The van der Waals surface area contributed by atoms with Crippen LogP contribution in [0.3, 0.4) is 0 Å². The molecule has 4 heteroatoms. The number of carbonyl (C=O) groups is 1. The minimum Gasteiger partial charge on any atom is -0.489 e. The third-order valence-electron chi connectivity index (χ3n) is 1.96. The van der Waals surface area contributed by atoms with Crippen LogP contribution in [0.5, 0.6) is 11.5 Å². The molecule has 2 rings (SSSR count). The number of benzene rings is 1. The lowest BCUT2D eigenvalue weighted by molar-refractivity contribution is 0.112. The van der Waals surface area contributed by atoms with Gasteiger partial charge >= 0.3 is 0 Å². The van der Waals surface area contributed by atoms with Gasteiger partial charge in [0.05, 0.1) is 17.7 Å². The van der Waals surface area contributed by atoms with Crippen molar-refractivity contribution in [1.82, 2.24) is 0 Å². The van der Waals surface area contributed by atoms with Crippen LogP contribution in [0.25, 0.3) is 0 Å².